The third-order valence-corrected chi connectivity index (χ3v) is 4.36. The number of ether oxygens (including phenoxy) is 1. The van der Waals surface area contributed by atoms with E-state index in [-0.39, 0.29) is 11.9 Å². The van der Waals surface area contributed by atoms with Gasteiger partial charge in [0.05, 0.1) is 12.0 Å². The van der Waals surface area contributed by atoms with Crippen LogP contribution in [0.25, 0.3) is 0 Å². The summed E-state index contributed by atoms with van der Waals surface area (Å²) in [5.41, 5.74) is 0.977. The zero-order valence-corrected chi connectivity index (χ0v) is 13.3. The third-order valence-electron chi connectivity index (χ3n) is 3.24. The van der Waals surface area contributed by atoms with Crippen molar-refractivity contribution in [2.24, 2.45) is 0 Å². The molecule has 0 bridgehead atoms. The van der Waals surface area contributed by atoms with Gasteiger partial charge in [0.25, 0.3) is 0 Å². The molecule has 0 aliphatic carbocycles. The molecule has 0 fully saturated rings. The first kappa shape index (κ1) is 15.9. The molecule has 112 valence electrons. The van der Waals surface area contributed by atoms with Crippen molar-refractivity contribution in [3.05, 3.63) is 53.8 Å². The Morgan fingerprint density at radius 1 is 1.24 bits per heavy atom. The summed E-state index contributed by atoms with van der Waals surface area (Å²) in [5.74, 6) is 0.586. The molecule has 0 aliphatic heterocycles. The lowest BCUT2D eigenvalue weighted by molar-refractivity contribution is 0.413. The minimum absolute atomic E-state index is 0.110. The largest absolute Gasteiger partial charge is 0.497 e. The second-order valence-corrected chi connectivity index (χ2v) is 5.80. The number of methoxy groups -OCH3 is 1. The van der Waals surface area contributed by atoms with Crippen LogP contribution in [0.4, 0.5) is 4.39 Å². The maximum Gasteiger partial charge on any atom is 0.137 e. The Labute approximate surface area is 129 Å². The molecule has 1 atom stereocenters. The molecule has 0 spiro atoms. The molecule has 0 saturated carbocycles. The predicted octanol–water partition coefficient (Wildman–Crippen LogP) is 4.66. The van der Waals surface area contributed by atoms with Crippen LogP contribution in [0.5, 0.6) is 5.75 Å². The summed E-state index contributed by atoms with van der Waals surface area (Å²) in [7, 11) is 1.63. The summed E-state index contributed by atoms with van der Waals surface area (Å²) >= 11 is 1.43. The topological polar surface area (TPSA) is 21.3 Å². The molecule has 0 heterocycles. The molecule has 0 saturated heterocycles. The van der Waals surface area contributed by atoms with Crippen molar-refractivity contribution in [3.8, 4) is 5.75 Å². The van der Waals surface area contributed by atoms with Crippen LogP contribution in [0, 0.1) is 5.82 Å². The molecule has 0 radical (unpaired) electrons. The van der Waals surface area contributed by atoms with Gasteiger partial charge in [0.15, 0.2) is 0 Å². The first-order valence-corrected chi connectivity index (χ1v) is 7.81. The molecule has 1 N–H and O–H groups in total. The van der Waals surface area contributed by atoms with Crippen LogP contribution in [0.15, 0.2) is 52.3 Å². The second kappa shape index (κ2) is 7.48. The molecule has 0 amide bonds. The summed E-state index contributed by atoms with van der Waals surface area (Å²) in [6, 6.07) is 13.0. The Hall–Kier alpha value is -1.52. The van der Waals surface area contributed by atoms with Gasteiger partial charge in [-0.2, -0.15) is 0 Å². The van der Waals surface area contributed by atoms with Gasteiger partial charge in [-0.1, -0.05) is 36.9 Å². The van der Waals surface area contributed by atoms with Crippen LogP contribution < -0.4 is 10.1 Å². The van der Waals surface area contributed by atoms with Crippen molar-refractivity contribution in [1.82, 2.24) is 5.32 Å². The molecule has 0 aliphatic rings. The van der Waals surface area contributed by atoms with E-state index in [1.807, 2.05) is 44.2 Å². The van der Waals surface area contributed by atoms with Crippen LogP contribution in [-0.4, -0.2) is 13.7 Å². The number of halogens is 1. The van der Waals surface area contributed by atoms with Gasteiger partial charge in [0, 0.05) is 10.9 Å². The Bertz CT molecular complexity index is 603. The van der Waals surface area contributed by atoms with Crippen molar-refractivity contribution in [2.75, 3.05) is 13.7 Å². The molecule has 2 nitrogen and oxygen atoms in total. The van der Waals surface area contributed by atoms with Gasteiger partial charge in [-0.25, -0.2) is 4.39 Å². The molecule has 2 aromatic rings. The van der Waals surface area contributed by atoms with E-state index in [1.54, 1.807) is 13.2 Å². The van der Waals surface area contributed by atoms with E-state index in [0.717, 1.165) is 22.8 Å². The Kier molecular flexibility index (Phi) is 5.65. The van der Waals surface area contributed by atoms with E-state index in [9.17, 15) is 4.39 Å². The fourth-order valence-electron chi connectivity index (χ4n) is 2.17. The van der Waals surface area contributed by atoms with Gasteiger partial charge in [0.1, 0.15) is 11.6 Å². The smallest absolute Gasteiger partial charge is 0.137 e. The highest BCUT2D eigenvalue weighted by atomic mass is 32.2. The molecule has 21 heavy (non-hydrogen) atoms. The van der Waals surface area contributed by atoms with Crippen LogP contribution in [0.3, 0.4) is 0 Å². The monoisotopic (exact) mass is 305 g/mol. The van der Waals surface area contributed by atoms with Crippen molar-refractivity contribution in [1.29, 1.82) is 0 Å². The Balaban J connectivity index is 2.33. The van der Waals surface area contributed by atoms with E-state index in [2.05, 4.69) is 5.32 Å². The quantitative estimate of drug-likeness (QED) is 0.839. The van der Waals surface area contributed by atoms with Gasteiger partial charge in [-0.15, -0.1) is 0 Å². The minimum Gasteiger partial charge on any atom is -0.497 e. The van der Waals surface area contributed by atoms with Gasteiger partial charge >= 0.3 is 0 Å². The zero-order chi connectivity index (χ0) is 15.2. The maximum absolute atomic E-state index is 14.2. The van der Waals surface area contributed by atoms with Crippen LogP contribution >= 0.6 is 11.8 Å². The van der Waals surface area contributed by atoms with E-state index in [4.69, 9.17) is 4.74 Å². The second-order valence-electron chi connectivity index (χ2n) is 4.72. The van der Waals surface area contributed by atoms with E-state index >= 15 is 0 Å². The fraction of sp³-hybridized carbons (Fsp3) is 0.294. The maximum atomic E-state index is 14.2. The minimum atomic E-state index is -0.190. The lowest BCUT2D eigenvalue weighted by Crippen LogP contribution is -2.18. The van der Waals surface area contributed by atoms with E-state index in [1.165, 1.54) is 17.8 Å². The molecule has 2 rings (SSSR count). The first-order valence-electron chi connectivity index (χ1n) is 6.99. The summed E-state index contributed by atoms with van der Waals surface area (Å²) in [4.78, 5) is 1.63. The summed E-state index contributed by atoms with van der Waals surface area (Å²) in [6.45, 7) is 4.94. The highest BCUT2D eigenvalue weighted by Crippen LogP contribution is 2.36. The zero-order valence-electron chi connectivity index (χ0n) is 12.5. The summed E-state index contributed by atoms with van der Waals surface area (Å²) in [6.07, 6.45) is 0. The summed E-state index contributed by atoms with van der Waals surface area (Å²) < 4.78 is 19.5. The molecule has 1 unspecified atom stereocenters. The number of rotatable bonds is 6. The van der Waals surface area contributed by atoms with Crippen LogP contribution in [0.1, 0.15) is 25.5 Å². The number of benzene rings is 2. The van der Waals surface area contributed by atoms with Crippen molar-refractivity contribution >= 4 is 11.8 Å². The Morgan fingerprint density at radius 2 is 2.00 bits per heavy atom. The average molecular weight is 305 g/mol. The van der Waals surface area contributed by atoms with Gasteiger partial charge in [0.2, 0.25) is 0 Å². The SMILES string of the molecule is CCNC(C)c1cccc(F)c1Sc1cccc(OC)c1. The highest BCUT2D eigenvalue weighted by Gasteiger charge is 2.15. The van der Waals surface area contributed by atoms with Gasteiger partial charge < -0.3 is 10.1 Å². The van der Waals surface area contributed by atoms with Gasteiger partial charge in [-0.3, -0.25) is 0 Å². The lowest BCUT2D eigenvalue weighted by Gasteiger charge is -2.17. The van der Waals surface area contributed by atoms with E-state index < -0.39 is 0 Å². The fourth-order valence-corrected chi connectivity index (χ4v) is 3.26. The predicted molar refractivity (Wildman–Crippen MR) is 85.6 cm³/mol. The summed E-state index contributed by atoms with van der Waals surface area (Å²) in [5, 5.41) is 3.33. The van der Waals surface area contributed by atoms with E-state index in [0.29, 0.717) is 4.90 Å². The Morgan fingerprint density at radius 3 is 2.71 bits per heavy atom. The van der Waals surface area contributed by atoms with Gasteiger partial charge in [-0.05, 0) is 43.3 Å². The van der Waals surface area contributed by atoms with Crippen molar-refractivity contribution < 1.29 is 9.13 Å². The third kappa shape index (κ3) is 3.99. The van der Waals surface area contributed by atoms with Crippen LogP contribution in [-0.2, 0) is 0 Å². The molecular weight excluding hydrogens is 285 g/mol. The molecular formula is C17H20FNOS. The number of hydrogen-bond donors (Lipinski definition) is 1. The highest BCUT2D eigenvalue weighted by molar-refractivity contribution is 7.99. The molecule has 2 aromatic carbocycles. The van der Waals surface area contributed by atoms with Crippen LogP contribution in [0.2, 0.25) is 0 Å². The average Bonchev–Trinajstić information content (AvgIpc) is 2.49. The standard InChI is InChI=1S/C17H20FNOS/c1-4-19-12(2)15-9-6-10-16(18)17(15)21-14-8-5-7-13(11-14)20-3/h5-12,19H,4H2,1-3H3. The molecule has 4 heteroatoms. The molecule has 0 aromatic heterocycles. The first-order chi connectivity index (χ1) is 10.2. The van der Waals surface area contributed by atoms with Crippen molar-refractivity contribution in [3.63, 3.8) is 0 Å². The number of nitrogens with one attached hydrogen (secondary N) is 1. The normalized spacial score (nSPS) is 12.2. The lowest BCUT2D eigenvalue weighted by atomic mass is 10.1. The van der Waals surface area contributed by atoms with Crippen molar-refractivity contribution in [2.45, 2.75) is 29.7 Å². The number of hydrogen-bond acceptors (Lipinski definition) is 3.